The van der Waals surface area contributed by atoms with Gasteiger partial charge in [-0.1, -0.05) is 71.1 Å². The lowest BCUT2D eigenvalue weighted by atomic mass is 9.93. The Balaban J connectivity index is 0.968. The molecule has 2 aromatic carbocycles. The minimum absolute atomic E-state index is 0.0365. The van der Waals surface area contributed by atoms with Crippen molar-refractivity contribution in [2.75, 3.05) is 13.2 Å². The third kappa shape index (κ3) is 5.70. The van der Waals surface area contributed by atoms with Gasteiger partial charge >= 0.3 is 0 Å². The molecule has 8 rings (SSSR count). The second-order valence-electron chi connectivity index (χ2n) is 12.3. The van der Waals surface area contributed by atoms with Crippen LogP contribution in [0.2, 0.25) is 0 Å². The number of fused-ring (bicyclic) bond motifs is 2. The Morgan fingerprint density at radius 1 is 0.696 bits per heavy atom. The van der Waals surface area contributed by atoms with Crippen molar-refractivity contribution in [1.82, 2.24) is 34.9 Å². The Bertz CT molecular complexity index is 1770. The maximum atomic E-state index is 9.88. The Kier molecular flexibility index (Phi) is 7.81. The lowest BCUT2D eigenvalue weighted by molar-refractivity contribution is 0.181. The predicted molar refractivity (Wildman–Crippen MR) is 172 cm³/mol. The van der Waals surface area contributed by atoms with Crippen LogP contribution in [0.25, 0.3) is 22.6 Å². The summed E-state index contributed by atoms with van der Waals surface area (Å²) in [6, 6.07) is 25.0. The highest BCUT2D eigenvalue weighted by Crippen LogP contribution is 2.39. The van der Waals surface area contributed by atoms with E-state index in [1.165, 1.54) is 11.1 Å². The fourth-order valence-corrected chi connectivity index (χ4v) is 6.99. The van der Waals surface area contributed by atoms with Gasteiger partial charge in [0.2, 0.25) is 0 Å². The zero-order valence-corrected chi connectivity index (χ0v) is 25.7. The number of nitrogens with zero attached hydrogens (tertiary/aromatic N) is 7. The van der Waals surface area contributed by atoms with Crippen molar-refractivity contribution in [2.45, 2.75) is 63.7 Å². The molecule has 46 heavy (non-hydrogen) atoms. The van der Waals surface area contributed by atoms with Gasteiger partial charge < -0.3 is 13.9 Å². The van der Waals surface area contributed by atoms with E-state index in [1.54, 1.807) is 0 Å². The van der Waals surface area contributed by atoms with Gasteiger partial charge in [-0.05, 0) is 37.8 Å². The summed E-state index contributed by atoms with van der Waals surface area (Å²) in [4.78, 5) is 2.14. The summed E-state index contributed by atoms with van der Waals surface area (Å²) in [7, 11) is 0. The van der Waals surface area contributed by atoms with Crippen molar-refractivity contribution in [3.05, 3.63) is 119 Å². The van der Waals surface area contributed by atoms with Crippen LogP contribution in [0.3, 0.4) is 0 Å². The second-order valence-corrected chi connectivity index (χ2v) is 12.3. The summed E-state index contributed by atoms with van der Waals surface area (Å²) >= 11 is 0. The molecule has 4 aromatic heterocycles. The molecule has 1 N–H and O–H groups in total. The largest absolute Gasteiger partial charge is 0.461 e. The highest BCUT2D eigenvalue weighted by molar-refractivity contribution is 5.60. The molecule has 0 saturated carbocycles. The second kappa shape index (κ2) is 12.5. The molecule has 0 spiro atoms. The van der Waals surface area contributed by atoms with Gasteiger partial charge in [-0.25, -0.2) is 9.36 Å². The SMILES string of the molecule is OCCN(Cc1cn(C2CCCc3oc(-c4ccccc4)cc32)nn1)Cc1cn(C2CCCc3oc(-c4ccccc4)cc32)nn1. The van der Waals surface area contributed by atoms with Crippen molar-refractivity contribution >= 4 is 0 Å². The number of rotatable bonds is 10. The van der Waals surface area contributed by atoms with E-state index in [9.17, 15) is 5.11 Å². The lowest BCUT2D eigenvalue weighted by Crippen LogP contribution is -2.26. The van der Waals surface area contributed by atoms with Gasteiger partial charge in [-0.15, -0.1) is 10.2 Å². The van der Waals surface area contributed by atoms with E-state index in [0.717, 1.165) is 84.1 Å². The molecule has 0 bridgehead atoms. The van der Waals surface area contributed by atoms with Crippen molar-refractivity contribution in [3.63, 3.8) is 0 Å². The molecule has 2 aliphatic rings. The number of hydrogen-bond donors (Lipinski definition) is 1. The van der Waals surface area contributed by atoms with Crippen LogP contribution in [-0.4, -0.2) is 53.1 Å². The summed E-state index contributed by atoms with van der Waals surface area (Å²) in [5, 5.41) is 28.0. The minimum atomic E-state index is 0.0365. The van der Waals surface area contributed by atoms with Crippen molar-refractivity contribution in [1.29, 1.82) is 0 Å². The van der Waals surface area contributed by atoms with E-state index in [2.05, 4.69) is 61.9 Å². The molecular formula is C36H37N7O3. The Morgan fingerprint density at radius 2 is 1.17 bits per heavy atom. The summed E-state index contributed by atoms with van der Waals surface area (Å²) in [5.41, 5.74) is 6.23. The van der Waals surface area contributed by atoms with Gasteiger partial charge in [0.15, 0.2) is 0 Å². The highest BCUT2D eigenvalue weighted by atomic mass is 16.3. The van der Waals surface area contributed by atoms with Crippen LogP contribution in [0, 0.1) is 0 Å². The molecule has 2 atom stereocenters. The van der Waals surface area contributed by atoms with Crippen molar-refractivity contribution in [2.24, 2.45) is 0 Å². The molecule has 0 aliphatic heterocycles. The number of aromatic nitrogens is 6. The number of furan rings is 2. The highest BCUT2D eigenvalue weighted by Gasteiger charge is 2.29. The Labute approximate surface area is 267 Å². The van der Waals surface area contributed by atoms with E-state index in [0.29, 0.717) is 19.6 Å². The van der Waals surface area contributed by atoms with Crippen LogP contribution in [-0.2, 0) is 25.9 Å². The molecule has 10 nitrogen and oxygen atoms in total. The van der Waals surface area contributed by atoms with Crippen LogP contribution in [0.1, 0.15) is 71.8 Å². The first-order valence-corrected chi connectivity index (χ1v) is 16.2. The molecule has 0 fully saturated rings. The fraction of sp³-hybridized carbons (Fsp3) is 0.333. The Hall–Kier alpha value is -4.80. The lowest BCUT2D eigenvalue weighted by Gasteiger charge is -2.21. The third-order valence-electron chi connectivity index (χ3n) is 9.22. The number of hydrogen-bond acceptors (Lipinski definition) is 8. The van der Waals surface area contributed by atoms with Gasteiger partial charge in [0.25, 0.3) is 0 Å². The zero-order valence-electron chi connectivity index (χ0n) is 25.7. The van der Waals surface area contributed by atoms with Crippen LogP contribution in [0.5, 0.6) is 0 Å². The van der Waals surface area contributed by atoms with Gasteiger partial charge in [0, 0.05) is 54.7 Å². The van der Waals surface area contributed by atoms with Crippen molar-refractivity contribution < 1.29 is 13.9 Å². The quantitative estimate of drug-likeness (QED) is 0.193. The van der Waals surface area contributed by atoms with E-state index in [4.69, 9.17) is 8.83 Å². The van der Waals surface area contributed by atoms with Crippen molar-refractivity contribution in [3.8, 4) is 22.6 Å². The zero-order chi connectivity index (χ0) is 30.9. The van der Waals surface area contributed by atoms with Crippen LogP contribution >= 0.6 is 0 Å². The van der Waals surface area contributed by atoms with Gasteiger partial charge in [-0.2, -0.15) is 0 Å². The molecular weight excluding hydrogens is 578 g/mol. The molecule has 0 radical (unpaired) electrons. The average Bonchev–Trinajstić information content (AvgIpc) is 3.91. The number of aryl methyl sites for hydroxylation is 2. The smallest absolute Gasteiger partial charge is 0.134 e. The maximum Gasteiger partial charge on any atom is 0.134 e. The fourth-order valence-electron chi connectivity index (χ4n) is 6.99. The van der Waals surface area contributed by atoms with E-state index in [1.807, 2.05) is 58.2 Å². The molecule has 10 heteroatoms. The maximum absolute atomic E-state index is 9.88. The average molecular weight is 616 g/mol. The molecule has 6 aromatic rings. The van der Waals surface area contributed by atoms with Crippen LogP contribution < -0.4 is 0 Å². The topological polar surface area (TPSA) is 111 Å². The Morgan fingerprint density at radius 3 is 1.63 bits per heavy atom. The monoisotopic (exact) mass is 615 g/mol. The van der Waals surface area contributed by atoms with Gasteiger partial charge in [0.05, 0.1) is 42.5 Å². The molecule has 2 unspecified atom stereocenters. The predicted octanol–water partition coefficient (Wildman–Crippen LogP) is 6.24. The first-order chi connectivity index (χ1) is 22.7. The first-order valence-electron chi connectivity index (χ1n) is 16.2. The number of aliphatic hydroxyl groups excluding tert-OH is 1. The number of benzene rings is 2. The standard InChI is InChI=1S/C36H37N7O3/c44-18-17-41(21-27-23-42(39-37-27)31-13-7-15-33-29(31)19-35(45-33)25-9-3-1-4-10-25)22-28-24-43(40-38-28)32-14-8-16-34-30(32)20-36(46-34)26-11-5-2-6-12-26/h1-6,9-12,19-20,23-24,31-32,44H,7-8,13-18,21-22H2. The summed E-state index contributed by atoms with van der Waals surface area (Å²) in [6.45, 7) is 1.62. The molecule has 0 saturated heterocycles. The van der Waals surface area contributed by atoms with Crippen LogP contribution in [0.4, 0.5) is 0 Å². The third-order valence-corrected chi connectivity index (χ3v) is 9.22. The van der Waals surface area contributed by atoms with Gasteiger partial charge in [0.1, 0.15) is 23.0 Å². The molecule has 2 aliphatic carbocycles. The normalized spacial score (nSPS) is 17.7. The van der Waals surface area contributed by atoms with E-state index < -0.39 is 0 Å². The summed E-state index contributed by atoms with van der Waals surface area (Å²) < 4.78 is 16.5. The van der Waals surface area contributed by atoms with Crippen LogP contribution in [0.15, 0.2) is 94.0 Å². The first kappa shape index (κ1) is 28.7. The summed E-state index contributed by atoms with van der Waals surface area (Å²) in [5.74, 6) is 3.87. The summed E-state index contributed by atoms with van der Waals surface area (Å²) in [6.07, 6.45) is 9.97. The van der Waals surface area contributed by atoms with Gasteiger partial charge in [-0.3, -0.25) is 4.90 Å². The van der Waals surface area contributed by atoms with E-state index in [-0.39, 0.29) is 18.7 Å². The van der Waals surface area contributed by atoms with E-state index >= 15 is 0 Å². The number of aliphatic hydroxyl groups is 1. The molecule has 0 amide bonds. The molecule has 4 heterocycles. The minimum Gasteiger partial charge on any atom is -0.461 e. The molecule has 234 valence electrons.